The molecular formula is C53H40N2. The molecule has 0 saturated carbocycles. The van der Waals surface area contributed by atoms with Gasteiger partial charge in [0.1, 0.15) is 0 Å². The van der Waals surface area contributed by atoms with E-state index in [2.05, 4.69) is 230 Å². The minimum atomic E-state index is -0.246. The molecule has 0 aliphatic carbocycles. The zero-order valence-electron chi connectivity index (χ0n) is 31.0. The third kappa shape index (κ3) is 5.57. The van der Waals surface area contributed by atoms with E-state index in [0.29, 0.717) is 0 Å². The van der Waals surface area contributed by atoms with Gasteiger partial charge in [0, 0.05) is 33.4 Å². The number of hydrogen-bond acceptors (Lipinski definition) is 2. The second-order valence-electron chi connectivity index (χ2n) is 15.0. The van der Waals surface area contributed by atoms with Crippen LogP contribution >= 0.6 is 0 Å². The Bertz CT molecular complexity index is 2820. The van der Waals surface area contributed by atoms with Crippen LogP contribution in [0.1, 0.15) is 25.0 Å². The zero-order chi connectivity index (χ0) is 36.9. The van der Waals surface area contributed by atoms with Crippen molar-refractivity contribution < 1.29 is 0 Å². The predicted octanol–water partition coefficient (Wildman–Crippen LogP) is 14.9. The second-order valence-corrected chi connectivity index (χ2v) is 15.0. The van der Waals surface area contributed by atoms with Gasteiger partial charge in [-0.05, 0) is 105 Å². The maximum absolute atomic E-state index is 2.54. The van der Waals surface area contributed by atoms with E-state index in [4.69, 9.17) is 0 Å². The lowest BCUT2D eigenvalue weighted by molar-refractivity contribution is 0.632. The highest BCUT2D eigenvalue weighted by Gasteiger charge is 2.38. The van der Waals surface area contributed by atoms with Crippen molar-refractivity contribution in [1.82, 2.24) is 0 Å². The molecule has 0 atom stereocenters. The van der Waals surface area contributed by atoms with Gasteiger partial charge in [-0.1, -0.05) is 159 Å². The van der Waals surface area contributed by atoms with Crippen LogP contribution in [0.15, 0.2) is 206 Å². The summed E-state index contributed by atoms with van der Waals surface area (Å²) in [5, 5.41) is 4.94. The summed E-state index contributed by atoms with van der Waals surface area (Å²) in [5.74, 6) is 0. The largest absolute Gasteiger partial charge is 0.310 e. The van der Waals surface area contributed by atoms with E-state index in [1.807, 2.05) is 0 Å². The smallest absolute Gasteiger partial charge is 0.0618 e. The molecule has 0 bridgehead atoms. The van der Waals surface area contributed by atoms with Crippen molar-refractivity contribution in [2.45, 2.75) is 19.3 Å². The number of benzene rings is 9. The molecule has 1 heterocycles. The fourth-order valence-corrected chi connectivity index (χ4v) is 8.64. The Labute approximate surface area is 323 Å². The van der Waals surface area contributed by atoms with Gasteiger partial charge in [-0.15, -0.1) is 0 Å². The highest BCUT2D eigenvalue weighted by molar-refractivity contribution is 6.08. The molecule has 0 spiro atoms. The second kappa shape index (κ2) is 13.2. The summed E-state index contributed by atoms with van der Waals surface area (Å²) < 4.78 is 0. The first-order chi connectivity index (χ1) is 27.0. The highest BCUT2D eigenvalue weighted by Crippen LogP contribution is 2.55. The van der Waals surface area contributed by atoms with Gasteiger partial charge in [0.15, 0.2) is 0 Å². The molecule has 0 saturated heterocycles. The molecule has 2 heteroatoms. The molecular weight excluding hydrogens is 665 g/mol. The lowest BCUT2D eigenvalue weighted by Crippen LogP contribution is -2.31. The standard InChI is InChI=1S/C53H40N2/c1-53(2)48-26-13-14-27-50(48)55(52-46-25-12-11-17-38(46)30-32-47(52)42-29-28-37-16-9-10-18-39(37)34-42)51-33-31-41(36-49(51)53)40-19-15-24-45(35-40)54(43-20-5-3-6-21-43)44-22-7-4-8-23-44/h3-36H,1-2H3. The summed E-state index contributed by atoms with van der Waals surface area (Å²) in [5.41, 5.74) is 14.2. The van der Waals surface area contributed by atoms with Crippen molar-refractivity contribution in [2.75, 3.05) is 9.80 Å². The number of hydrogen-bond donors (Lipinski definition) is 0. The molecule has 0 N–H and O–H groups in total. The molecule has 0 aromatic heterocycles. The Morgan fingerprint density at radius 3 is 1.75 bits per heavy atom. The minimum absolute atomic E-state index is 0.246. The van der Waals surface area contributed by atoms with E-state index in [-0.39, 0.29) is 5.41 Å². The first-order valence-electron chi connectivity index (χ1n) is 19.1. The predicted molar refractivity (Wildman–Crippen MR) is 234 cm³/mol. The van der Waals surface area contributed by atoms with Gasteiger partial charge in [-0.2, -0.15) is 0 Å². The number of fused-ring (bicyclic) bond motifs is 4. The van der Waals surface area contributed by atoms with Crippen LogP contribution < -0.4 is 9.80 Å². The molecule has 0 amide bonds. The molecule has 0 unspecified atom stereocenters. The number of rotatable bonds is 6. The van der Waals surface area contributed by atoms with Gasteiger partial charge >= 0.3 is 0 Å². The summed E-state index contributed by atoms with van der Waals surface area (Å²) >= 11 is 0. The molecule has 0 fully saturated rings. The molecule has 2 nitrogen and oxygen atoms in total. The van der Waals surface area contributed by atoms with Crippen LogP contribution in [0.3, 0.4) is 0 Å². The molecule has 1 aliphatic rings. The van der Waals surface area contributed by atoms with Gasteiger partial charge in [0.25, 0.3) is 0 Å². The SMILES string of the molecule is CC1(C)c2ccccc2N(c2c(-c3ccc4ccccc4c3)ccc3ccccc23)c2ccc(-c3cccc(N(c4ccccc4)c4ccccc4)c3)cc21. The zero-order valence-corrected chi connectivity index (χ0v) is 31.0. The lowest BCUT2D eigenvalue weighted by atomic mass is 9.72. The Hall–Kier alpha value is -6.90. The molecule has 1 aliphatic heterocycles. The average molecular weight is 705 g/mol. The van der Waals surface area contributed by atoms with Gasteiger partial charge in [0.05, 0.1) is 17.1 Å². The summed E-state index contributed by atoms with van der Waals surface area (Å²) in [6.07, 6.45) is 0. The normalized spacial score (nSPS) is 13.0. The number of para-hydroxylation sites is 3. The van der Waals surface area contributed by atoms with E-state index in [0.717, 1.165) is 17.1 Å². The summed E-state index contributed by atoms with van der Waals surface area (Å²) in [4.78, 5) is 4.87. The minimum Gasteiger partial charge on any atom is -0.310 e. The van der Waals surface area contributed by atoms with Gasteiger partial charge in [0.2, 0.25) is 0 Å². The lowest BCUT2D eigenvalue weighted by Gasteiger charge is -2.43. The van der Waals surface area contributed by atoms with Gasteiger partial charge < -0.3 is 9.80 Å². The van der Waals surface area contributed by atoms with Crippen LogP contribution in [0.2, 0.25) is 0 Å². The third-order valence-electron chi connectivity index (χ3n) is 11.4. The van der Waals surface area contributed by atoms with E-state index >= 15 is 0 Å². The van der Waals surface area contributed by atoms with Crippen LogP contribution in [0, 0.1) is 0 Å². The van der Waals surface area contributed by atoms with Gasteiger partial charge in [-0.25, -0.2) is 0 Å². The van der Waals surface area contributed by atoms with E-state index < -0.39 is 0 Å². The molecule has 10 rings (SSSR count). The Kier molecular flexibility index (Phi) is 7.85. The summed E-state index contributed by atoms with van der Waals surface area (Å²) in [7, 11) is 0. The van der Waals surface area contributed by atoms with Crippen molar-refractivity contribution in [2.24, 2.45) is 0 Å². The Morgan fingerprint density at radius 2 is 0.964 bits per heavy atom. The van der Waals surface area contributed by atoms with Crippen LogP contribution in [0.4, 0.5) is 34.1 Å². The fraction of sp³-hybridized carbons (Fsp3) is 0.0566. The quantitative estimate of drug-likeness (QED) is 0.170. The summed E-state index contributed by atoms with van der Waals surface area (Å²) in [6.45, 7) is 4.75. The van der Waals surface area contributed by atoms with Crippen molar-refractivity contribution in [3.8, 4) is 22.3 Å². The van der Waals surface area contributed by atoms with Gasteiger partial charge in [-0.3, -0.25) is 0 Å². The van der Waals surface area contributed by atoms with Crippen LogP contribution in [0.25, 0.3) is 43.8 Å². The topological polar surface area (TPSA) is 6.48 Å². The van der Waals surface area contributed by atoms with E-state index in [1.54, 1.807) is 0 Å². The maximum atomic E-state index is 2.54. The number of anilines is 6. The van der Waals surface area contributed by atoms with Crippen LogP contribution in [-0.2, 0) is 5.41 Å². The first kappa shape index (κ1) is 32.7. The molecule has 9 aromatic rings. The molecule has 55 heavy (non-hydrogen) atoms. The van der Waals surface area contributed by atoms with Crippen molar-refractivity contribution in [1.29, 1.82) is 0 Å². The molecule has 0 radical (unpaired) electrons. The Balaban J connectivity index is 1.17. The summed E-state index contributed by atoms with van der Waals surface area (Å²) in [6, 6.07) is 75.2. The van der Waals surface area contributed by atoms with Crippen molar-refractivity contribution in [3.63, 3.8) is 0 Å². The maximum Gasteiger partial charge on any atom is 0.0618 e. The molecule has 262 valence electrons. The highest BCUT2D eigenvalue weighted by atomic mass is 15.2. The van der Waals surface area contributed by atoms with E-state index in [1.165, 1.54) is 72.0 Å². The average Bonchev–Trinajstić information content (AvgIpc) is 3.24. The van der Waals surface area contributed by atoms with Crippen LogP contribution in [0.5, 0.6) is 0 Å². The molecule has 9 aromatic carbocycles. The first-order valence-corrected chi connectivity index (χ1v) is 19.1. The van der Waals surface area contributed by atoms with Crippen LogP contribution in [-0.4, -0.2) is 0 Å². The Morgan fingerprint density at radius 1 is 0.382 bits per heavy atom. The van der Waals surface area contributed by atoms with E-state index in [9.17, 15) is 0 Å². The number of nitrogens with zero attached hydrogens (tertiary/aromatic N) is 2. The fourth-order valence-electron chi connectivity index (χ4n) is 8.64. The third-order valence-corrected chi connectivity index (χ3v) is 11.4. The van der Waals surface area contributed by atoms with Crippen molar-refractivity contribution in [3.05, 3.63) is 217 Å². The monoisotopic (exact) mass is 704 g/mol. The van der Waals surface area contributed by atoms with Crippen molar-refractivity contribution >= 4 is 55.7 Å².